The van der Waals surface area contributed by atoms with Gasteiger partial charge < -0.3 is 5.73 Å². The van der Waals surface area contributed by atoms with Crippen LogP contribution in [0.5, 0.6) is 0 Å². The summed E-state index contributed by atoms with van der Waals surface area (Å²) in [4.78, 5) is 10.3. The third kappa shape index (κ3) is 3.65. The standard InChI is InChI=1S/C6H13NO/c1-3-5(2)4-6(7)8/h5H,3-4H2,1-2H3,(H2,7,8)/i1D3. The van der Waals surface area contributed by atoms with Gasteiger partial charge in [0, 0.05) is 10.5 Å². The highest BCUT2D eigenvalue weighted by Crippen LogP contribution is 2.03. The summed E-state index contributed by atoms with van der Waals surface area (Å²) in [5.41, 5.74) is 4.89. The monoisotopic (exact) mass is 118 g/mol. The highest BCUT2D eigenvalue weighted by molar-refractivity contribution is 5.73. The molecule has 0 aromatic carbocycles. The van der Waals surface area contributed by atoms with Crippen molar-refractivity contribution < 1.29 is 8.91 Å². The second-order valence-electron chi connectivity index (χ2n) is 1.98. The highest BCUT2D eigenvalue weighted by Gasteiger charge is 2.00. The number of hydrogen-bond donors (Lipinski definition) is 1. The Kier molecular flexibility index (Phi) is 1.51. The van der Waals surface area contributed by atoms with Gasteiger partial charge in [0.05, 0.1) is 0 Å². The fourth-order valence-electron chi connectivity index (χ4n) is 0.416. The molecule has 0 aliphatic carbocycles. The molecular formula is C6H13NO. The Hall–Kier alpha value is -0.530. The first-order valence-corrected chi connectivity index (χ1v) is 2.59. The molecule has 0 heterocycles. The Labute approximate surface area is 54.3 Å². The van der Waals surface area contributed by atoms with Crippen molar-refractivity contribution >= 4 is 5.91 Å². The summed E-state index contributed by atoms with van der Waals surface area (Å²) in [6.45, 7) is -0.244. The van der Waals surface area contributed by atoms with Crippen LogP contribution in [-0.4, -0.2) is 5.91 Å². The Morgan fingerprint density at radius 2 is 2.62 bits per heavy atom. The van der Waals surface area contributed by atoms with E-state index in [-0.39, 0.29) is 18.8 Å². The van der Waals surface area contributed by atoms with Crippen LogP contribution in [0.25, 0.3) is 0 Å². The summed E-state index contributed by atoms with van der Waals surface area (Å²) in [5.74, 6) is -0.596. The lowest BCUT2D eigenvalue weighted by Gasteiger charge is -2.01. The van der Waals surface area contributed by atoms with E-state index in [0.717, 1.165) is 0 Å². The molecule has 0 saturated carbocycles. The normalized spacial score (nSPS) is 20.4. The minimum atomic E-state index is -1.95. The third-order valence-electron chi connectivity index (χ3n) is 0.898. The molecule has 0 fully saturated rings. The van der Waals surface area contributed by atoms with Crippen molar-refractivity contribution in [1.29, 1.82) is 0 Å². The number of carbonyl (C=O) groups excluding carboxylic acids is 1. The van der Waals surface area contributed by atoms with Crippen molar-refractivity contribution in [3.63, 3.8) is 0 Å². The summed E-state index contributed by atoms with van der Waals surface area (Å²) in [6, 6.07) is 0. The molecule has 1 amide bonds. The van der Waals surface area contributed by atoms with Gasteiger partial charge in [-0.3, -0.25) is 4.79 Å². The van der Waals surface area contributed by atoms with E-state index in [2.05, 4.69) is 0 Å². The smallest absolute Gasteiger partial charge is 0.217 e. The number of carbonyl (C=O) groups is 1. The highest BCUT2D eigenvalue weighted by atomic mass is 16.1. The first-order valence-electron chi connectivity index (χ1n) is 4.09. The maximum absolute atomic E-state index is 10.3. The number of rotatable bonds is 3. The topological polar surface area (TPSA) is 43.1 Å². The van der Waals surface area contributed by atoms with Crippen molar-refractivity contribution in [2.24, 2.45) is 11.7 Å². The van der Waals surface area contributed by atoms with Crippen LogP contribution in [0.3, 0.4) is 0 Å². The molecule has 2 N–H and O–H groups in total. The maximum atomic E-state index is 10.3. The molecule has 0 saturated heterocycles. The fraction of sp³-hybridized carbons (Fsp3) is 0.833. The third-order valence-corrected chi connectivity index (χ3v) is 0.898. The molecule has 0 rings (SSSR count). The van der Waals surface area contributed by atoms with E-state index < -0.39 is 12.8 Å². The minimum Gasteiger partial charge on any atom is -0.370 e. The van der Waals surface area contributed by atoms with Crippen LogP contribution in [0.1, 0.15) is 30.7 Å². The van der Waals surface area contributed by atoms with E-state index in [1.54, 1.807) is 6.92 Å². The van der Waals surface area contributed by atoms with Gasteiger partial charge in [0.1, 0.15) is 0 Å². The molecule has 0 aliphatic heterocycles. The van der Waals surface area contributed by atoms with Crippen LogP contribution in [0.4, 0.5) is 0 Å². The lowest BCUT2D eigenvalue weighted by atomic mass is 10.1. The molecular weight excluding hydrogens is 102 g/mol. The van der Waals surface area contributed by atoms with E-state index in [9.17, 15) is 4.79 Å². The van der Waals surface area contributed by atoms with E-state index in [0.29, 0.717) is 0 Å². The molecule has 48 valence electrons. The Balaban J connectivity index is 3.69. The lowest BCUT2D eigenvalue weighted by Crippen LogP contribution is -2.13. The first-order chi connectivity index (χ1) is 4.81. The van der Waals surface area contributed by atoms with Gasteiger partial charge in [-0.25, -0.2) is 0 Å². The molecule has 2 heteroatoms. The predicted molar refractivity (Wildman–Crippen MR) is 33.3 cm³/mol. The van der Waals surface area contributed by atoms with E-state index in [4.69, 9.17) is 9.85 Å². The minimum absolute atomic E-state index is 0.0515. The predicted octanol–water partition coefficient (Wildman–Crippen LogP) is 0.908. The quantitative estimate of drug-likeness (QED) is 0.588. The van der Waals surface area contributed by atoms with Gasteiger partial charge in [0.25, 0.3) is 0 Å². The summed E-state index contributed by atoms with van der Waals surface area (Å²) in [7, 11) is 0. The van der Waals surface area contributed by atoms with Gasteiger partial charge in [0.2, 0.25) is 5.91 Å². The van der Waals surface area contributed by atoms with Crippen molar-refractivity contribution in [2.45, 2.75) is 26.6 Å². The molecule has 0 aromatic heterocycles. The Bertz CT molecular complexity index is 143. The number of amides is 1. The molecule has 8 heavy (non-hydrogen) atoms. The second kappa shape index (κ2) is 3.47. The van der Waals surface area contributed by atoms with Crippen LogP contribution >= 0.6 is 0 Å². The zero-order valence-corrected chi connectivity index (χ0v) is 4.98. The van der Waals surface area contributed by atoms with Crippen LogP contribution in [0.15, 0.2) is 0 Å². The number of hydrogen-bond acceptors (Lipinski definition) is 1. The van der Waals surface area contributed by atoms with Gasteiger partial charge in [-0.05, 0) is 5.92 Å². The van der Waals surface area contributed by atoms with Crippen molar-refractivity contribution in [3.05, 3.63) is 0 Å². The largest absolute Gasteiger partial charge is 0.370 e. The Morgan fingerprint density at radius 3 is 3.00 bits per heavy atom. The summed E-state index contributed by atoms with van der Waals surface area (Å²) in [5, 5.41) is 0. The van der Waals surface area contributed by atoms with Gasteiger partial charge in [0.15, 0.2) is 0 Å². The van der Waals surface area contributed by atoms with Gasteiger partial charge in [-0.1, -0.05) is 20.2 Å². The van der Waals surface area contributed by atoms with Gasteiger partial charge in [-0.15, -0.1) is 0 Å². The second-order valence-corrected chi connectivity index (χ2v) is 1.98. The summed E-state index contributed by atoms with van der Waals surface area (Å²) in [6.07, 6.45) is 0.203. The average molecular weight is 118 g/mol. The van der Waals surface area contributed by atoms with Crippen molar-refractivity contribution in [1.82, 2.24) is 0 Å². The number of primary amides is 1. The molecule has 2 nitrogen and oxygen atoms in total. The first kappa shape index (κ1) is 3.49. The van der Waals surface area contributed by atoms with Gasteiger partial charge >= 0.3 is 0 Å². The summed E-state index contributed by atoms with van der Waals surface area (Å²) < 4.78 is 20.7. The average Bonchev–Trinajstić information content (AvgIpc) is 1.53. The maximum Gasteiger partial charge on any atom is 0.217 e. The molecule has 0 bridgehead atoms. The van der Waals surface area contributed by atoms with E-state index in [1.807, 2.05) is 0 Å². The zero-order valence-electron chi connectivity index (χ0n) is 7.98. The molecule has 0 spiro atoms. The molecule has 0 radical (unpaired) electrons. The van der Waals surface area contributed by atoms with Crippen LogP contribution < -0.4 is 5.73 Å². The Morgan fingerprint density at radius 1 is 2.00 bits per heavy atom. The van der Waals surface area contributed by atoms with Crippen molar-refractivity contribution in [3.8, 4) is 0 Å². The zero-order chi connectivity index (χ0) is 9.07. The van der Waals surface area contributed by atoms with Crippen LogP contribution in [0, 0.1) is 5.92 Å². The summed E-state index contributed by atoms with van der Waals surface area (Å²) >= 11 is 0. The van der Waals surface area contributed by atoms with Crippen LogP contribution in [-0.2, 0) is 4.79 Å². The van der Waals surface area contributed by atoms with Crippen LogP contribution in [0.2, 0.25) is 0 Å². The molecule has 0 aromatic rings. The van der Waals surface area contributed by atoms with Gasteiger partial charge in [-0.2, -0.15) is 0 Å². The van der Waals surface area contributed by atoms with E-state index >= 15 is 0 Å². The molecule has 1 unspecified atom stereocenters. The van der Waals surface area contributed by atoms with E-state index in [1.165, 1.54) is 0 Å². The number of nitrogens with two attached hydrogens (primary N) is 1. The van der Waals surface area contributed by atoms with Crippen molar-refractivity contribution in [2.75, 3.05) is 0 Å². The fourth-order valence-corrected chi connectivity index (χ4v) is 0.416. The molecule has 0 aliphatic rings. The molecule has 1 atom stereocenters. The SMILES string of the molecule is [2H]C([2H])([2H])CC(C)CC(N)=O. The lowest BCUT2D eigenvalue weighted by molar-refractivity contribution is -0.118.